The van der Waals surface area contributed by atoms with Crippen LogP contribution in [0.1, 0.15) is 57.8 Å². The van der Waals surface area contributed by atoms with Crippen molar-refractivity contribution in [3.05, 3.63) is 45.1 Å². The number of ether oxygens (including phenoxy) is 2. The van der Waals surface area contributed by atoms with Crippen molar-refractivity contribution >= 4 is 23.4 Å². The second-order valence-corrected chi connectivity index (χ2v) is 8.56. The summed E-state index contributed by atoms with van der Waals surface area (Å²) in [5.41, 5.74) is 5.11. The smallest absolute Gasteiger partial charge is 0.407 e. The van der Waals surface area contributed by atoms with Gasteiger partial charge in [0.2, 0.25) is 0 Å². The summed E-state index contributed by atoms with van der Waals surface area (Å²) in [6.45, 7) is 2.23. The fourth-order valence-corrected chi connectivity index (χ4v) is 5.44. The molecular weight excluding hydrogens is 374 g/mol. The van der Waals surface area contributed by atoms with Crippen molar-refractivity contribution in [2.75, 3.05) is 13.7 Å². The average molecular weight is 400 g/mol. The first-order chi connectivity index (χ1) is 13.6. The van der Waals surface area contributed by atoms with Crippen LogP contribution in [-0.4, -0.2) is 31.8 Å². The molecular formula is C22H25NO4S. The Hall–Kier alpha value is -2.34. The number of amides is 1. The molecule has 1 aromatic heterocycles. The molecule has 0 aliphatic heterocycles. The Morgan fingerprint density at radius 2 is 2.04 bits per heavy atom. The molecule has 2 atom stereocenters. The lowest BCUT2D eigenvalue weighted by Gasteiger charge is -2.19. The SMILES string of the molecule is CCOC(=O)c1cc2c(s1)CCc1cc(C3CCC(NC(=O)OC)C3)ccc1-2. The molecule has 0 bridgehead atoms. The zero-order valence-corrected chi connectivity index (χ0v) is 17.1. The summed E-state index contributed by atoms with van der Waals surface area (Å²) in [6.07, 6.45) is 4.62. The van der Waals surface area contributed by atoms with Crippen LogP contribution in [0.25, 0.3) is 11.1 Å². The quantitative estimate of drug-likeness (QED) is 0.758. The zero-order valence-electron chi connectivity index (χ0n) is 16.2. The minimum Gasteiger partial charge on any atom is -0.462 e. The highest BCUT2D eigenvalue weighted by atomic mass is 32.1. The number of hydrogen-bond acceptors (Lipinski definition) is 5. The molecule has 1 amide bonds. The number of hydrogen-bond donors (Lipinski definition) is 1. The molecule has 1 N–H and O–H groups in total. The molecule has 6 heteroatoms. The van der Waals surface area contributed by atoms with Crippen LogP contribution in [0.5, 0.6) is 0 Å². The first-order valence-corrected chi connectivity index (χ1v) is 10.7. The Morgan fingerprint density at radius 3 is 2.82 bits per heavy atom. The molecule has 2 unspecified atom stereocenters. The van der Waals surface area contributed by atoms with Gasteiger partial charge in [-0.1, -0.05) is 18.2 Å². The van der Waals surface area contributed by atoms with E-state index >= 15 is 0 Å². The molecule has 0 spiro atoms. The lowest BCUT2D eigenvalue weighted by atomic mass is 9.86. The van der Waals surface area contributed by atoms with Crippen LogP contribution in [0.2, 0.25) is 0 Å². The maximum absolute atomic E-state index is 12.1. The maximum atomic E-state index is 12.1. The minimum absolute atomic E-state index is 0.184. The molecule has 1 saturated carbocycles. The monoisotopic (exact) mass is 399 g/mol. The molecule has 2 aliphatic carbocycles. The largest absolute Gasteiger partial charge is 0.462 e. The van der Waals surface area contributed by atoms with Gasteiger partial charge in [0.15, 0.2) is 0 Å². The van der Waals surface area contributed by atoms with Crippen molar-refractivity contribution in [3.8, 4) is 11.1 Å². The van der Waals surface area contributed by atoms with E-state index in [0.717, 1.165) is 32.1 Å². The van der Waals surface area contributed by atoms with E-state index in [9.17, 15) is 9.59 Å². The predicted octanol–water partition coefficient (Wildman–Crippen LogP) is 4.68. The predicted molar refractivity (Wildman–Crippen MR) is 109 cm³/mol. The number of esters is 1. The second-order valence-electron chi connectivity index (χ2n) is 7.43. The van der Waals surface area contributed by atoms with Gasteiger partial charge in [-0.3, -0.25) is 0 Å². The first-order valence-electron chi connectivity index (χ1n) is 9.86. The molecule has 5 nitrogen and oxygen atoms in total. The van der Waals surface area contributed by atoms with Crippen molar-refractivity contribution in [2.45, 2.75) is 51.0 Å². The summed E-state index contributed by atoms with van der Waals surface area (Å²) in [4.78, 5) is 25.5. The van der Waals surface area contributed by atoms with E-state index in [4.69, 9.17) is 9.47 Å². The van der Waals surface area contributed by atoms with Gasteiger partial charge in [-0.2, -0.15) is 0 Å². The number of rotatable bonds is 4. The van der Waals surface area contributed by atoms with Crippen LogP contribution in [0.15, 0.2) is 24.3 Å². The highest BCUT2D eigenvalue weighted by molar-refractivity contribution is 7.14. The van der Waals surface area contributed by atoms with Crippen molar-refractivity contribution in [1.29, 1.82) is 0 Å². The highest BCUT2D eigenvalue weighted by Crippen LogP contribution is 2.42. The number of thiophene rings is 1. The third-order valence-electron chi connectivity index (χ3n) is 5.74. The fourth-order valence-electron chi connectivity index (χ4n) is 4.37. The van der Waals surface area contributed by atoms with E-state index in [-0.39, 0.29) is 18.1 Å². The lowest BCUT2D eigenvalue weighted by Crippen LogP contribution is -2.32. The van der Waals surface area contributed by atoms with Crippen molar-refractivity contribution < 1.29 is 19.1 Å². The molecule has 1 heterocycles. The van der Waals surface area contributed by atoms with Gasteiger partial charge in [0.25, 0.3) is 0 Å². The number of alkyl carbamates (subject to hydrolysis) is 1. The number of methoxy groups -OCH3 is 1. The summed E-state index contributed by atoms with van der Waals surface area (Å²) < 4.78 is 9.87. The van der Waals surface area contributed by atoms with Gasteiger partial charge < -0.3 is 14.8 Å². The lowest BCUT2D eigenvalue weighted by molar-refractivity contribution is 0.0532. The van der Waals surface area contributed by atoms with Crippen molar-refractivity contribution in [3.63, 3.8) is 0 Å². The van der Waals surface area contributed by atoms with Gasteiger partial charge in [0.05, 0.1) is 13.7 Å². The molecule has 0 saturated heterocycles. The standard InChI is InChI=1S/C22H25NO4S/c1-3-27-21(24)20-12-18-17-8-5-13(10-15(17)6-9-19(18)28-20)14-4-7-16(11-14)23-22(25)26-2/h5,8,10,12,14,16H,3-4,6-7,9,11H2,1-2H3,(H,23,25). The van der Waals surface area contributed by atoms with Crippen LogP contribution in [0.3, 0.4) is 0 Å². The molecule has 1 fully saturated rings. The normalized spacial score (nSPS) is 20.2. The Balaban J connectivity index is 1.53. The zero-order chi connectivity index (χ0) is 19.7. The van der Waals surface area contributed by atoms with Gasteiger partial charge in [-0.15, -0.1) is 11.3 Å². The summed E-state index contributed by atoms with van der Waals surface area (Å²) in [7, 11) is 1.40. The van der Waals surface area contributed by atoms with Crippen LogP contribution < -0.4 is 5.32 Å². The van der Waals surface area contributed by atoms with E-state index < -0.39 is 0 Å². The minimum atomic E-state index is -0.349. The van der Waals surface area contributed by atoms with Crippen LogP contribution >= 0.6 is 11.3 Å². The van der Waals surface area contributed by atoms with Crippen molar-refractivity contribution in [1.82, 2.24) is 5.32 Å². The van der Waals surface area contributed by atoms with E-state index in [0.29, 0.717) is 17.4 Å². The fraction of sp³-hybridized carbons (Fsp3) is 0.455. The molecule has 1 aromatic carbocycles. The Morgan fingerprint density at radius 1 is 1.18 bits per heavy atom. The summed E-state index contributed by atoms with van der Waals surface area (Å²) in [5.74, 6) is 0.238. The third-order valence-corrected chi connectivity index (χ3v) is 6.91. The third kappa shape index (κ3) is 3.65. The van der Waals surface area contributed by atoms with Gasteiger partial charge >= 0.3 is 12.1 Å². The number of aryl methyl sites for hydroxylation is 2. The number of nitrogens with one attached hydrogen (secondary N) is 1. The maximum Gasteiger partial charge on any atom is 0.407 e. The number of benzene rings is 1. The molecule has 2 aliphatic rings. The van der Waals surface area contributed by atoms with Gasteiger partial charge in [0.1, 0.15) is 4.88 Å². The molecule has 2 aromatic rings. The topological polar surface area (TPSA) is 64.6 Å². The molecule has 4 rings (SSSR count). The van der Waals surface area contributed by atoms with E-state index in [1.165, 1.54) is 34.2 Å². The average Bonchev–Trinajstić information content (AvgIpc) is 3.34. The second kappa shape index (κ2) is 7.95. The Kier molecular flexibility index (Phi) is 5.40. The van der Waals surface area contributed by atoms with Crippen LogP contribution in [0.4, 0.5) is 4.79 Å². The van der Waals surface area contributed by atoms with E-state index in [2.05, 4.69) is 23.5 Å². The highest BCUT2D eigenvalue weighted by Gasteiger charge is 2.29. The van der Waals surface area contributed by atoms with Crippen molar-refractivity contribution in [2.24, 2.45) is 0 Å². The molecule has 28 heavy (non-hydrogen) atoms. The molecule has 148 valence electrons. The van der Waals surface area contributed by atoms with Crippen LogP contribution in [0, 0.1) is 0 Å². The number of carbonyl (C=O) groups is 2. The summed E-state index contributed by atoms with van der Waals surface area (Å²) in [5, 5.41) is 2.92. The van der Waals surface area contributed by atoms with Gasteiger partial charge in [-0.05, 0) is 73.3 Å². The van der Waals surface area contributed by atoms with Gasteiger partial charge in [-0.25, -0.2) is 9.59 Å². The molecule has 0 radical (unpaired) electrons. The Labute approximate surface area is 169 Å². The number of fused-ring (bicyclic) bond motifs is 3. The first kappa shape index (κ1) is 19.0. The van der Waals surface area contributed by atoms with E-state index in [1.807, 2.05) is 13.0 Å². The van der Waals surface area contributed by atoms with Gasteiger partial charge in [0, 0.05) is 10.9 Å². The number of carbonyl (C=O) groups excluding carboxylic acids is 2. The summed E-state index contributed by atoms with van der Waals surface area (Å²) >= 11 is 1.56. The van der Waals surface area contributed by atoms with E-state index in [1.54, 1.807) is 11.3 Å². The Bertz CT molecular complexity index is 904. The van der Waals surface area contributed by atoms with Crippen LogP contribution in [-0.2, 0) is 22.3 Å². The summed E-state index contributed by atoms with van der Waals surface area (Å²) in [6, 6.07) is 8.91.